The molecule has 4 rings (SSSR count). The Morgan fingerprint density at radius 3 is 2.61 bits per heavy atom. The molecule has 1 amide bonds. The summed E-state index contributed by atoms with van der Waals surface area (Å²) in [7, 11) is 0. The highest BCUT2D eigenvalue weighted by Crippen LogP contribution is 2.40. The number of para-hydroxylation sites is 2. The monoisotopic (exact) mass is 305 g/mol. The number of amides is 1. The van der Waals surface area contributed by atoms with Crippen LogP contribution in [0.5, 0.6) is 0 Å². The van der Waals surface area contributed by atoms with Crippen molar-refractivity contribution >= 4 is 22.6 Å². The Labute approximate surface area is 135 Å². The first-order valence-corrected chi connectivity index (χ1v) is 8.08. The summed E-state index contributed by atoms with van der Waals surface area (Å²) >= 11 is 0. The van der Waals surface area contributed by atoms with E-state index < -0.39 is 0 Å². The molecule has 1 aliphatic rings. The summed E-state index contributed by atoms with van der Waals surface area (Å²) < 4.78 is 6.02. The van der Waals surface area contributed by atoms with E-state index in [1.54, 1.807) is 0 Å². The molecule has 2 heterocycles. The molecule has 0 saturated heterocycles. The summed E-state index contributed by atoms with van der Waals surface area (Å²) in [6, 6.07) is 16.1. The fourth-order valence-electron chi connectivity index (χ4n) is 3.60. The summed E-state index contributed by atoms with van der Waals surface area (Å²) in [5.74, 6) is 0.941. The Kier molecular flexibility index (Phi) is 3.22. The number of anilines is 1. The van der Waals surface area contributed by atoms with E-state index in [4.69, 9.17) is 4.42 Å². The number of carbonyl (C=O) groups excluding carboxylic acids is 1. The number of fused-ring (bicyclic) bond motifs is 2. The summed E-state index contributed by atoms with van der Waals surface area (Å²) in [5, 5.41) is 1.13. The van der Waals surface area contributed by atoms with Crippen LogP contribution in [0.3, 0.4) is 0 Å². The number of hydrogen-bond donors (Lipinski definition) is 0. The third kappa shape index (κ3) is 2.07. The third-order valence-corrected chi connectivity index (χ3v) is 4.82. The minimum Gasteiger partial charge on any atom is -0.461 e. The van der Waals surface area contributed by atoms with Crippen LogP contribution in [0.25, 0.3) is 11.0 Å². The zero-order chi connectivity index (χ0) is 16.0. The fourth-order valence-corrected chi connectivity index (χ4v) is 3.60. The van der Waals surface area contributed by atoms with Crippen LogP contribution >= 0.6 is 0 Å². The minimum absolute atomic E-state index is 0.148. The van der Waals surface area contributed by atoms with E-state index in [1.165, 1.54) is 0 Å². The molecule has 0 spiro atoms. The van der Waals surface area contributed by atoms with Gasteiger partial charge in [0.1, 0.15) is 11.3 Å². The number of furan rings is 1. The van der Waals surface area contributed by atoms with Crippen molar-refractivity contribution in [3.63, 3.8) is 0 Å². The highest BCUT2D eigenvalue weighted by molar-refractivity contribution is 6.05. The smallest absolute Gasteiger partial charge is 0.235 e. The minimum atomic E-state index is -0.148. The molecule has 0 radical (unpaired) electrons. The Hall–Kier alpha value is -2.55. The molecule has 116 valence electrons. The number of nitrogens with zero attached hydrogens (tertiary/aromatic N) is 1. The van der Waals surface area contributed by atoms with Gasteiger partial charge in [0.2, 0.25) is 5.91 Å². The van der Waals surface area contributed by atoms with Crippen molar-refractivity contribution in [1.29, 1.82) is 0 Å². The maximum absolute atomic E-state index is 12.8. The molecule has 2 aromatic carbocycles. The van der Waals surface area contributed by atoms with Gasteiger partial charge in [-0.25, -0.2) is 0 Å². The molecule has 3 nitrogen and oxygen atoms in total. The van der Waals surface area contributed by atoms with Gasteiger partial charge < -0.3 is 9.32 Å². The highest BCUT2D eigenvalue weighted by Gasteiger charge is 2.37. The Balaban J connectivity index is 1.76. The van der Waals surface area contributed by atoms with Crippen LogP contribution in [-0.2, 0) is 11.2 Å². The van der Waals surface area contributed by atoms with E-state index in [9.17, 15) is 4.79 Å². The molecular formula is C20H19NO2. The maximum Gasteiger partial charge on any atom is 0.235 e. The molecular weight excluding hydrogens is 286 g/mol. The average molecular weight is 305 g/mol. The molecule has 1 aliphatic heterocycles. The van der Waals surface area contributed by atoms with Crippen molar-refractivity contribution in [1.82, 2.24) is 0 Å². The van der Waals surface area contributed by atoms with Gasteiger partial charge in [0.05, 0.1) is 5.92 Å². The molecule has 1 aromatic heterocycles. The number of carbonyl (C=O) groups is 1. The fraction of sp³-hybridized carbons (Fsp3) is 0.250. The topological polar surface area (TPSA) is 33.5 Å². The lowest BCUT2D eigenvalue weighted by molar-refractivity contribution is -0.119. The third-order valence-electron chi connectivity index (χ3n) is 4.82. The van der Waals surface area contributed by atoms with E-state index in [-0.39, 0.29) is 11.8 Å². The van der Waals surface area contributed by atoms with Gasteiger partial charge >= 0.3 is 0 Å². The number of rotatable bonds is 3. The lowest BCUT2D eigenvalue weighted by Gasteiger charge is -2.14. The Morgan fingerprint density at radius 1 is 1.09 bits per heavy atom. The van der Waals surface area contributed by atoms with Crippen molar-refractivity contribution in [2.75, 3.05) is 11.4 Å². The number of benzene rings is 2. The molecule has 23 heavy (non-hydrogen) atoms. The van der Waals surface area contributed by atoms with Crippen molar-refractivity contribution in [3.05, 3.63) is 65.4 Å². The predicted molar refractivity (Wildman–Crippen MR) is 91.9 cm³/mol. The zero-order valence-corrected chi connectivity index (χ0v) is 13.4. The summed E-state index contributed by atoms with van der Waals surface area (Å²) in [6.07, 6.45) is 0.618. The van der Waals surface area contributed by atoms with Crippen molar-refractivity contribution in [3.8, 4) is 0 Å². The molecule has 3 heteroatoms. The SMILES string of the molecule is CCN1C(=O)[C@H](Cc2oc3ccccc3c2C)c2ccccc21. The zero-order valence-electron chi connectivity index (χ0n) is 13.4. The Morgan fingerprint density at radius 2 is 1.83 bits per heavy atom. The summed E-state index contributed by atoms with van der Waals surface area (Å²) in [6.45, 7) is 4.79. The second-order valence-corrected chi connectivity index (χ2v) is 6.04. The van der Waals surface area contributed by atoms with Gasteiger partial charge in [-0.3, -0.25) is 4.79 Å². The van der Waals surface area contributed by atoms with E-state index in [1.807, 2.05) is 48.2 Å². The average Bonchev–Trinajstić information content (AvgIpc) is 3.04. The lowest BCUT2D eigenvalue weighted by atomic mass is 9.94. The first-order chi connectivity index (χ1) is 11.2. The number of hydrogen-bond acceptors (Lipinski definition) is 2. The molecule has 0 N–H and O–H groups in total. The molecule has 0 unspecified atom stereocenters. The normalized spacial score (nSPS) is 17.0. The maximum atomic E-state index is 12.8. The van der Waals surface area contributed by atoms with Crippen LogP contribution in [0.2, 0.25) is 0 Å². The van der Waals surface area contributed by atoms with Gasteiger partial charge in [-0.1, -0.05) is 36.4 Å². The van der Waals surface area contributed by atoms with Crippen LogP contribution in [0.4, 0.5) is 5.69 Å². The van der Waals surface area contributed by atoms with E-state index in [0.717, 1.165) is 33.5 Å². The molecule has 0 fully saturated rings. The van der Waals surface area contributed by atoms with Crippen molar-refractivity contribution in [2.24, 2.45) is 0 Å². The van der Waals surface area contributed by atoms with Gasteiger partial charge in [-0.05, 0) is 37.1 Å². The summed E-state index contributed by atoms with van der Waals surface area (Å²) in [4.78, 5) is 14.7. The highest BCUT2D eigenvalue weighted by atomic mass is 16.3. The van der Waals surface area contributed by atoms with Gasteiger partial charge in [0.25, 0.3) is 0 Å². The molecule has 0 bridgehead atoms. The van der Waals surface area contributed by atoms with Gasteiger partial charge in [-0.15, -0.1) is 0 Å². The standard InChI is InChI=1S/C20H19NO2/c1-3-21-17-10-6-4-9-15(17)16(20(21)22)12-19-13(2)14-8-5-7-11-18(14)23-19/h4-11,16H,3,12H2,1-2H3/t16-/m1/s1. The van der Waals surface area contributed by atoms with Gasteiger partial charge in [0, 0.05) is 24.0 Å². The van der Waals surface area contributed by atoms with Crippen LogP contribution in [0.15, 0.2) is 52.9 Å². The lowest BCUT2D eigenvalue weighted by Crippen LogP contribution is -2.29. The van der Waals surface area contributed by atoms with Crippen molar-refractivity contribution in [2.45, 2.75) is 26.2 Å². The van der Waals surface area contributed by atoms with Crippen LogP contribution < -0.4 is 4.90 Å². The quantitative estimate of drug-likeness (QED) is 0.717. The van der Waals surface area contributed by atoms with Gasteiger partial charge in [-0.2, -0.15) is 0 Å². The predicted octanol–water partition coefficient (Wildman–Crippen LogP) is 4.43. The van der Waals surface area contributed by atoms with Crippen LogP contribution in [-0.4, -0.2) is 12.5 Å². The van der Waals surface area contributed by atoms with E-state index >= 15 is 0 Å². The number of aryl methyl sites for hydroxylation is 1. The second kappa shape index (κ2) is 5.27. The van der Waals surface area contributed by atoms with Crippen molar-refractivity contribution < 1.29 is 9.21 Å². The van der Waals surface area contributed by atoms with E-state index in [0.29, 0.717) is 13.0 Å². The molecule has 0 saturated carbocycles. The summed E-state index contributed by atoms with van der Waals surface area (Å²) in [5.41, 5.74) is 4.19. The van der Waals surface area contributed by atoms with Crippen LogP contribution in [0, 0.1) is 6.92 Å². The van der Waals surface area contributed by atoms with Gasteiger partial charge in [0.15, 0.2) is 0 Å². The largest absolute Gasteiger partial charge is 0.461 e. The molecule has 0 aliphatic carbocycles. The first-order valence-electron chi connectivity index (χ1n) is 8.08. The molecule has 1 atom stereocenters. The second-order valence-electron chi connectivity index (χ2n) is 6.04. The first kappa shape index (κ1) is 14.1. The van der Waals surface area contributed by atoms with Crippen LogP contribution in [0.1, 0.15) is 29.7 Å². The van der Waals surface area contributed by atoms with E-state index in [2.05, 4.69) is 19.1 Å². The molecule has 3 aromatic rings. The Bertz CT molecular complexity index is 894. The number of likely N-dealkylation sites (N-methyl/N-ethyl adjacent to an activating group) is 1.